The van der Waals surface area contributed by atoms with E-state index in [1.165, 1.54) is 64.3 Å². The highest BCUT2D eigenvalue weighted by Gasteiger charge is 2.49. The summed E-state index contributed by atoms with van der Waals surface area (Å²) in [6.07, 6.45) is 13.6. The van der Waals surface area contributed by atoms with Crippen molar-refractivity contribution in [2.45, 2.75) is 76.3 Å². The highest BCUT2D eigenvalue weighted by Crippen LogP contribution is 2.53. The molecule has 0 aromatic carbocycles. The standard InChI is InChI=1S/C20H32N2O/c23-20(18-5-2-6-22(18)12-13-3-1-4-13)21-19-16-8-14-7-15(10-16)11-17(19)9-14/h13-19H,1-12H2,(H,21,23)/t14?,15?,16?,17?,18-,19?/m1/s1. The molecule has 5 saturated carbocycles. The monoisotopic (exact) mass is 316 g/mol. The predicted molar refractivity (Wildman–Crippen MR) is 90.9 cm³/mol. The summed E-state index contributed by atoms with van der Waals surface area (Å²) in [5.74, 6) is 4.84. The number of nitrogens with one attached hydrogen (secondary N) is 1. The second-order valence-electron chi connectivity index (χ2n) is 9.41. The van der Waals surface area contributed by atoms with E-state index in [-0.39, 0.29) is 6.04 Å². The van der Waals surface area contributed by atoms with Crippen molar-refractivity contribution in [3.8, 4) is 0 Å². The molecule has 6 aliphatic rings. The van der Waals surface area contributed by atoms with E-state index in [9.17, 15) is 4.79 Å². The molecule has 1 saturated heterocycles. The Labute approximate surface area is 140 Å². The number of nitrogens with zero attached hydrogens (tertiary/aromatic N) is 1. The van der Waals surface area contributed by atoms with Gasteiger partial charge in [0.25, 0.3) is 0 Å². The summed E-state index contributed by atoms with van der Waals surface area (Å²) < 4.78 is 0. The number of likely N-dealkylation sites (tertiary alicyclic amines) is 1. The molecular weight excluding hydrogens is 284 g/mol. The van der Waals surface area contributed by atoms with Crippen LogP contribution in [-0.2, 0) is 4.79 Å². The van der Waals surface area contributed by atoms with Gasteiger partial charge in [0.2, 0.25) is 5.91 Å². The third kappa shape index (κ3) is 2.63. The van der Waals surface area contributed by atoms with Gasteiger partial charge in [0.1, 0.15) is 0 Å². The lowest BCUT2D eigenvalue weighted by Gasteiger charge is -2.54. The lowest BCUT2D eigenvalue weighted by atomic mass is 9.54. The number of hydrogen-bond acceptors (Lipinski definition) is 2. The van der Waals surface area contributed by atoms with Crippen LogP contribution in [0.4, 0.5) is 0 Å². The van der Waals surface area contributed by atoms with Crippen LogP contribution in [0.25, 0.3) is 0 Å². The Hall–Kier alpha value is -0.570. The quantitative estimate of drug-likeness (QED) is 0.864. The fraction of sp³-hybridized carbons (Fsp3) is 0.950. The molecule has 3 heteroatoms. The number of amides is 1. The van der Waals surface area contributed by atoms with Crippen LogP contribution in [0.2, 0.25) is 0 Å². The molecule has 5 aliphatic carbocycles. The molecule has 1 atom stereocenters. The van der Waals surface area contributed by atoms with Gasteiger partial charge in [-0.05, 0) is 93.9 Å². The van der Waals surface area contributed by atoms with Crippen LogP contribution in [0, 0.1) is 29.6 Å². The molecule has 1 amide bonds. The summed E-state index contributed by atoms with van der Waals surface area (Å²) in [6.45, 7) is 2.33. The SMILES string of the molecule is O=C(NC1C2CC3CC(C2)CC1C3)[C@H]1CCCN1CC1CCC1. The molecule has 0 spiro atoms. The van der Waals surface area contributed by atoms with Crippen molar-refractivity contribution in [3.63, 3.8) is 0 Å². The first kappa shape index (κ1) is 14.7. The zero-order valence-electron chi connectivity index (χ0n) is 14.4. The number of carbonyl (C=O) groups excluding carboxylic acids is 1. The maximum Gasteiger partial charge on any atom is 0.237 e. The van der Waals surface area contributed by atoms with Gasteiger partial charge in [0, 0.05) is 12.6 Å². The van der Waals surface area contributed by atoms with Gasteiger partial charge >= 0.3 is 0 Å². The maximum atomic E-state index is 13.0. The van der Waals surface area contributed by atoms with Gasteiger partial charge in [0.05, 0.1) is 6.04 Å². The van der Waals surface area contributed by atoms with Gasteiger partial charge in [-0.3, -0.25) is 9.69 Å². The van der Waals surface area contributed by atoms with E-state index in [0.29, 0.717) is 11.9 Å². The zero-order chi connectivity index (χ0) is 15.4. The Morgan fingerprint density at radius 1 is 0.913 bits per heavy atom. The predicted octanol–water partition coefficient (Wildman–Crippen LogP) is 3.19. The molecular formula is C20H32N2O. The summed E-state index contributed by atoms with van der Waals surface area (Å²) in [7, 11) is 0. The van der Waals surface area contributed by atoms with Crippen molar-refractivity contribution in [1.29, 1.82) is 0 Å². The third-order valence-corrected chi connectivity index (χ3v) is 7.92. The summed E-state index contributed by atoms with van der Waals surface area (Å²) in [5.41, 5.74) is 0. The maximum absolute atomic E-state index is 13.0. The second-order valence-corrected chi connectivity index (χ2v) is 9.41. The Balaban J connectivity index is 1.22. The average molecular weight is 316 g/mol. The molecule has 6 rings (SSSR count). The number of rotatable bonds is 4. The van der Waals surface area contributed by atoms with Crippen molar-refractivity contribution in [3.05, 3.63) is 0 Å². The minimum absolute atomic E-state index is 0.188. The minimum Gasteiger partial charge on any atom is -0.351 e. The average Bonchev–Trinajstić information content (AvgIpc) is 2.94. The number of carbonyl (C=O) groups is 1. The van der Waals surface area contributed by atoms with Gasteiger partial charge in [-0.15, -0.1) is 0 Å². The highest BCUT2D eigenvalue weighted by molar-refractivity contribution is 5.82. The van der Waals surface area contributed by atoms with Crippen LogP contribution in [0.3, 0.4) is 0 Å². The Kier molecular flexibility index (Phi) is 3.69. The summed E-state index contributed by atoms with van der Waals surface area (Å²) in [5, 5.41) is 3.56. The molecule has 6 fully saturated rings. The molecule has 23 heavy (non-hydrogen) atoms. The lowest BCUT2D eigenvalue weighted by molar-refractivity contribution is -0.129. The zero-order valence-corrected chi connectivity index (χ0v) is 14.4. The van der Waals surface area contributed by atoms with Gasteiger partial charge in [-0.2, -0.15) is 0 Å². The van der Waals surface area contributed by atoms with E-state index in [2.05, 4.69) is 10.2 Å². The van der Waals surface area contributed by atoms with Gasteiger partial charge in [-0.25, -0.2) is 0 Å². The molecule has 128 valence electrons. The van der Waals surface area contributed by atoms with E-state index in [0.717, 1.165) is 42.6 Å². The summed E-state index contributed by atoms with van der Waals surface area (Å²) in [4.78, 5) is 15.5. The van der Waals surface area contributed by atoms with E-state index < -0.39 is 0 Å². The van der Waals surface area contributed by atoms with Crippen LogP contribution in [0.15, 0.2) is 0 Å². The largest absolute Gasteiger partial charge is 0.351 e. The van der Waals surface area contributed by atoms with E-state index >= 15 is 0 Å². The molecule has 0 unspecified atom stereocenters. The molecule has 0 aromatic heterocycles. The highest BCUT2D eigenvalue weighted by atomic mass is 16.2. The lowest BCUT2D eigenvalue weighted by Crippen LogP contribution is -2.58. The van der Waals surface area contributed by atoms with Crippen molar-refractivity contribution in [2.75, 3.05) is 13.1 Å². The molecule has 1 aliphatic heterocycles. The minimum atomic E-state index is 0.188. The van der Waals surface area contributed by atoms with Crippen LogP contribution in [0.1, 0.15) is 64.2 Å². The van der Waals surface area contributed by atoms with Crippen molar-refractivity contribution in [2.24, 2.45) is 29.6 Å². The molecule has 0 radical (unpaired) electrons. The van der Waals surface area contributed by atoms with E-state index in [1.54, 1.807) is 0 Å². The van der Waals surface area contributed by atoms with Crippen LogP contribution in [-0.4, -0.2) is 36.0 Å². The van der Waals surface area contributed by atoms with Crippen LogP contribution >= 0.6 is 0 Å². The first-order valence-corrected chi connectivity index (χ1v) is 10.3. The fourth-order valence-electron chi connectivity index (χ4n) is 6.77. The van der Waals surface area contributed by atoms with Crippen LogP contribution < -0.4 is 5.32 Å². The van der Waals surface area contributed by atoms with Crippen molar-refractivity contribution in [1.82, 2.24) is 10.2 Å². The second kappa shape index (κ2) is 5.75. The Morgan fingerprint density at radius 3 is 2.22 bits per heavy atom. The smallest absolute Gasteiger partial charge is 0.237 e. The van der Waals surface area contributed by atoms with E-state index in [1.807, 2.05) is 0 Å². The Bertz CT molecular complexity index is 444. The third-order valence-electron chi connectivity index (χ3n) is 7.92. The molecule has 0 aromatic rings. The molecule has 1 N–H and O–H groups in total. The molecule has 1 heterocycles. The summed E-state index contributed by atoms with van der Waals surface area (Å²) in [6, 6.07) is 0.703. The van der Waals surface area contributed by atoms with E-state index in [4.69, 9.17) is 0 Å². The first-order valence-electron chi connectivity index (χ1n) is 10.3. The fourth-order valence-corrected chi connectivity index (χ4v) is 6.77. The molecule has 4 bridgehead atoms. The Morgan fingerprint density at radius 2 is 1.61 bits per heavy atom. The molecule has 3 nitrogen and oxygen atoms in total. The van der Waals surface area contributed by atoms with Crippen LogP contribution in [0.5, 0.6) is 0 Å². The van der Waals surface area contributed by atoms with Crippen molar-refractivity contribution < 1.29 is 4.79 Å². The van der Waals surface area contributed by atoms with Gasteiger partial charge < -0.3 is 5.32 Å². The topological polar surface area (TPSA) is 32.3 Å². The number of hydrogen-bond donors (Lipinski definition) is 1. The van der Waals surface area contributed by atoms with Gasteiger partial charge in [0.15, 0.2) is 0 Å². The first-order chi connectivity index (χ1) is 11.3. The summed E-state index contributed by atoms with van der Waals surface area (Å²) >= 11 is 0. The van der Waals surface area contributed by atoms with Crippen molar-refractivity contribution >= 4 is 5.91 Å². The normalized spacial score (nSPS) is 46.1. The van der Waals surface area contributed by atoms with Gasteiger partial charge in [-0.1, -0.05) is 6.42 Å².